The first-order valence-corrected chi connectivity index (χ1v) is 10.4. The molecule has 2 aromatic rings. The van der Waals surface area contributed by atoms with Crippen LogP contribution in [0.2, 0.25) is 5.02 Å². The number of carbonyl (C=O) groups is 1. The first-order chi connectivity index (χ1) is 13.1. The summed E-state index contributed by atoms with van der Waals surface area (Å²) < 4.78 is 0. The molecule has 1 amide bonds. The highest BCUT2D eigenvalue weighted by molar-refractivity contribution is 6.35. The summed E-state index contributed by atoms with van der Waals surface area (Å²) >= 11 is 6.39. The molecule has 0 spiro atoms. The molecule has 0 unspecified atom stereocenters. The molecule has 1 aromatic carbocycles. The molecule has 0 radical (unpaired) electrons. The normalized spacial score (nSPS) is 21.0. The van der Waals surface area contributed by atoms with Crippen molar-refractivity contribution in [2.45, 2.75) is 44.6 Å². The number of carbonyl (C=O) groups excluding carboxylic acids is 1. The van der Waals surface area contributed by atoms with E-state index in [1.165, 1.54) is 32.1 Å². The molecule has 1 aromatic heterocycles. The molecule has 2 heterocycles. The van der Waals surface area contributed by atoms with Gasteiger partial charge in [0, 0.05) is 31.1 Å². The second kappa shape index (κ2) is 8.03. The fourth-order valence-corrected chi connectivity index (χ4v) is 4.54. The van der Waals surface area contributed by atoms with Crippen molar-refractivity contribution in [1.82, 2.24) is 10.3 Å². The number of halogens is 1. The van der Waals surface area contributed by atoms with Crippen molar-refractivity contribution < 1.29 is 4.79 Å². The van der Waals surface area contributed by atoms with Crippen molar-refractivity contribution in [1.29, 1.82) is 0 Å². The Morgan fingerprint density at radius 1 is 1.19 bits per heavy atom. The molecule has 1 saturated carbocycles. The van der Waals surface area contributed by atoms with E-state index in [9.17, 15) is 4.79 Å². The Kier molecular flexibility index (Phi) is 5.50. The van der Waals surface area contributed by atoms with Crippen LogP contribution >= 0.6 is 11.6 Å². The Bertz CT molecular complexity index is 834. The molecule has 27 heavy (non-hydrogen) atoms. The van der Waals surface area contributed by atoms with Gasteiger partial charge in [-0.3, -0.25) is 4.79 Å². The second-order valence-electron chi connectivity index (χ2n) is 7.87. The lowest BCUT2D eigenvalue weighted by molar-refractivity contribution is 0.0945. The lowest BCUT2D eigenvalue weighted by Gasteiger charge is -2.22. The third-order valence-corrected chi connectivity index (χ3v) is 6.17. The van der Waals surface area contributed by atoms with Crippen LogP contribution in [0.1, 0.15) is 48.9 Å². The molecule has 144 valence electrons. The smallest absolute Gasteiger partial charge is 0.253 e. The van der Waals surface area contributed by atoms with Gasteiger partial charge >= 0.3 is 0 Å². The van der Waals surface area contributed by atoms with Gasteiger partial charge in [-0.15, -0.1) is 0 Å². The molecule has 3 N–H and O–H groups in total. The quantitative estimate of drug-likeness (QED) is 0.839. The summed E-state index contributed by atoms with van der Waals surface area (Å²) in [4.78, 5) is 19.8. The second-order valence-corrected chi connectivity index (χ2v) is 8.27. The van der Waals surface area contributed by atoms with Crippen molar-refractivity contribution in [2.75, 3.05) is 24.5 Å². The lowest BCUT2D eigenvalue weighted by atomic mass is 9.89. The fraction of sp³-hybridized carbons (Fsp3) is 0.524. The van der Waals surface area contributed by atoms with E-state index in [1.807, 2.05) is 18.2 Å². The zero-order valence-electron chi connectivity index (χ0n) is 15.6. The number of nitrogens with two attached hydrogens (primary N) is 1. The van der Waals surface area contributed by atoms with E-state index in [2.05, 4.69) is 10.2 Å². The van der Waals surface area contributed by atoms with Gasteiger partial charge in [0.05, 0.1) is 16.1 Å². The number of rotatable bonds is 4. The third kappa shape index (κ3) is 4.04. The number of anilines is 1. The predicted octanol–water partition coefficient (Wildman–Crippen LogP) is 3.74. The molecule has 1 aliphatic carbocycles. The highest BCUT2D eigenvalue weighted by atomic mass is 35.5. The van der Waals surface area contributed by atoms with E-state index in [1.54, 1.807) is 6.07 Å². The number of hydrogen-bond donors (Lipinski definition) is 2. The van der Waals surface area contributed by atoms with Crippen LogP contribution in [0.5, 0.6) is 0 Å². The molecule has 1 saturated heterocycles. The fourth-order valence-electron chi connectivity index (χ4n) is 4.29. The summed E-state index contributed by atoms with van der Waals surface area (Å²) in [5.41, 5.74) is 7.34. The molecular formula is C21H27ClN4O. The predicted molar refractivity (Wildman–Crippen MR) is 110 cm³/mol. The number of benzene rings is 1. The number of pyridine rings is 1. The average molecular weight is 387 g/mol. The van der Waals surface area contributed by atoms with E-state index in [0.717, 1.165) is 42.8 Å². The van der Waals surface area contributed by atoms with Gasteiger partial charge in [0.15, 0.2) is 0 Å². The topological polar surface area (TPSA) is 71.2 Å². The van der Waals surface area contributed by atoms with Gasteiger partial charge < -0.3 is 16.0 Å². The van der Waals surface area contributed by atoms with Crippen LogP contribution in [0.25, 0.3) is 10.9 Å². The minimum absolute atomic E-state index is 0.103. The van der Waals surface area contributed by atoms with Crippen molar-refractivity contribution >= 4 is 34.2 Å². The summed E-state index contributed by atoms with van der Waals surface area (Å²) in [6.45, 7) is 2.46. The lowest BCUT2D eigenvalue weighted by Crippen LogP contribution is -2.30. The highest BCUT2D eigenvalue weighted by Gasteiger charge is 2.22. The maximum Gasteiger partial charge on any atom is 0.253 e. The van der Waals surface area contributed by atoms with E-state index >= 15 is 0 Å². The molecule has 2 fully saturated rings. The van der Waals surface area contributed by atoms with Crippen LogP contribution in [0.3, 0.4) is 0 Å². The molecule has 2 aliphatic rings. The maximum absolute atomic E-state index is 12.9. The van der Waals surface area contributed by atoms with Gasteiger partial charge in [-0.05, 0) is 49.4 Å². The average Bonchev–Trinajstić information content (AvgIpc) is 3.13. The SMILES string of the molecule is N[C@H]1CCN(c2ccc3c(C(=O)NCC4CCCCC4)c(Cl)ccc3n2)C1. The third-order valence-electron chi connectivity index (χ3n) is 5.86. The minimum Gasteiger partial charge on any atom is -0.355 e. The molecule has 1 atom stereocenters. The summed E-state index contributed by atoms with van der Waals surface area (Å²) in [6.07, 6.45) is 7.23. The van der Waals surface area contributed by atoms with Gasteiger partial charge in [0.1, 0.15) is 5.82 Å². The van der Waals surface area contributed by atoms with Crippen molar-refractivity contribution in [2.24, 2.45) is 11.7 Å². The number of aromatic nitrogens is 1. The number of fused-ring (bicyclic) bond motifs is 1. The summed E-state index contributed by atoms with van der Waals surface area (Å²) in [5, 5.41) is 4.37. The molecule has 1 aliphatic heterocycles. The number of amides is 1. The number of nitrogens with zero attached hydrogens (tertiary/aromatic N) is 2. The molecular weight excluding hydrogens is 360 g/mol. The first kappa shape index (κ1) is 18.5. The van der Waals surface area contributed by atoms with E-state index in [0.29, 0.717) is 16.5 Å². The van der Waals surface area contributed by atoms with Crippen molar-refractivity contribution in [3.05, 3.63) is 34.9 Å². The van der Waals surface area contributed by atoms with E-state index < -0.39 is 0 Å². The Morgan fingerprint density at radius 2 is 2.00 bits per heavy atom. The van der Waals surface area contributed by atoms with Crippen LogP contribution < -0.4 is 16.0 Å². The summed E-state index contributed by atoms with van der Waals surface area (Å²) in [6, 6.07) is 7.78. The van der Waals surface area contributed by atoms with Crippen LogP contribution in [-0.4, -0.2) is 36.6 Å². The number of hydrogen-bond acceptors (Lipinski definition) is 4. The van der Waals surface area contributed by atoms with Crippen LogP contribution in [-0.2, 0) is 0 Å². The standard InChI is InChI=1S/C21H27ClN4O/c22-17-7-8-18-16(6-9-19(25-18)26-11-10-15(23)13-26)20(17)21(27)24-12-14-4-2-1-3-5-14/h6-9,14-15H,1-5,10-13,23H2,(H,24,27)/t15-/m0/s1. The number of nitrogens with one attached hydrogen (secondary N) is 1. The minimum atomic E-state index is -0.103. The van der Waals surface area contributed by atoms with Crippen LogP contribution in [0, 0.1) is 5.92 Å². The van der Waals surface area contributed by atoms with Crippen molar-refractivity contribution in [3.63, 3.8) is 0 Å². The van der Waals surface area contributed by atoms with Crippen molar-refractivity contribution in [3.8, 4) is 0 Å². The van der Waals surface area contributed by atoms with Gasteiger partial charge in [0.25, 0.3) is 5.91 Å². The summed E-state index contributed by atoms with van der Waals surface area (Å²) in [7, 11) is 0. The Hall–Kier alpha value is -1.85. The maximum atomic E-state index is 12.9. The highest BCUT2D eigenvalue weighted by Crippen LogP contribution is 2.29. The zero-order valence-corrected chi connectivity index (χ0v) is 16.3. The monoisotopic (exact) mass is 386 g/mol. The Balaban J connectivity index is 1.55. The van der Waals surface area contributed by atoms with Crippen LogP contribution in [0.15, 0.2) is 24.3 Å². The summed E-state index contributed by atoms with van der Waals surface area (Å²) in [5.74, 6) is 1.39. The molecule has 5 nitrogen and oxygen atoms in total. The van der Waals surface area contributed by atoms with E-state index in [4.69, 9.17) is 22.3 Å². The van der Waals surface area contributed by atoms with Gasteiger partial charge in [-0.25, -0.2) is 4.98 Å². The Labute approximate surface area is 165 Å². The molecule has 4 rings (SSSR count). The van der Waals surface area contributed by atoms with Crippen LogP contribution in [0.4, 0.5) is 5.82 Å². The van der Waals surface area contributed by atoms with E-state index in [-0.39, 0.29) is 11.9 Å². The van der Waals surface area contributed by atoms with Gasteiger partial charge in [0.2, 0.25) is 0 Å². The Morgan fingerprint density at radius 3 is 2.74 bits per heavy atom. The van der Waals surface area contributed by atoms with Gasteiger partial charge in [-0.1, -0.05) is 30.9 Å². The first-order valence-electron chi connectivity index (χ1n) is 10.00. The zero-order chi connectivity index (χ0) is 18.8. The van der Waals surface area contributed by atoms with Gasteiger partial charge in [-0.2, -0.15) is 0 Å². The largest absolute Gasteiger partial charge is 0.355 e. The molecule has 0 bridgehead atoms. The molecule has 6 heteroatoms.